The van der Waals surface area contributed by atoms with Crippen LogP contribution in [0.4, 0.5) is 149 Å². The number of rotatable bonds is 27. The molecule has 0 aliphatic rings. The number of hydrogen-bond acceptors (Lipinski definition) is 2. The normalized spacial score (nSPS) is 15.7. The van der Waals surface area contributed by atoms with Crippen molar-refractivity contribution in [1.82, 2.24) is 10.6 Å². The molecule has 2 N–H and O–H groups in total. The average Bonchev–Trinajstić information content (AvgIpc) is 3.15. The standard InChI is InChI=1S/C30H26F34N2O2/c31-15(32,17(35,36)19(39,40)21(43,44)23(47,48)25(51,52)27(55,56)29(59,60)61)13(67)65-11-9-7-5-3-1-2-4-6-8-10-12-66-14(68)16(33,34)18(37,38)20(41,42)22(45,46)24(49,50)26(53,54)28(57,58)30(62,63)64/h1-12H2,(H,65,67)(H,66,68). The zero-order chi connectivity index (χ0) is 55.1. The molecular weight excluding hydrogens is 1070 g/mol. The highest BCUT2D eigenvalue weighted by Crippen LogP contribution is 2.66. The highest BCUT2D eigenvalue weighted by Gasteiger charge is 2.97. The number of alkyl halides is 34. The van der Waals surface area contributed by atoms with Crippen LogP contribution >= 0.6 is 0 Å². The summed E-state index contributed by atoms with van der Waals surface area (Å²) in [5.74, 6) is -126. The minimum absolute atomic E-state index is 0.0193. The number of carbonyl (C=O) groups is 2. The van der Waals surface area contributed by atoms with Gasteiger partial charge in [0.15, 0.2) is 0 Å². The lowest BCUT2D eigenvalue weighted by molar-refractivity contribution is -0.459. The van der Waals surface area contributed by atoms with Crippen LogP contribution in [0.25, 0.3) is 0 Å². The van der Waals surface area contributed by atoms with Gasteiger partial charge in [0.25, 0.3) is 11.8 Å². The van der Waals surface area contributed by atoms with Crippen molar-refractivity contribution < 1.29 is 159 Å². The molecule has 0 aliphatic heterocycles. The van der Waals surface area contributed by atoms with Crippen molar-refractivity contribution in [3.8, 4) is 0 Å². The summed E-state index contributed by atoms with van der Waals surface area (Å²) in [5, 5.41) is 1.46. The molecule has 0 fully saturated rings. The van der Waals surface area contributed by atoms with Gasteiger partial charge in [0.05, 0.1) is 0 Å². The van der Waals surface area contributed by atoms with Crippen LogP contribution in [0.5, 0.6) is 0 Å². The number of amides is 2. The van der Waals surface area contributed by atoms with E-state index < -0.39 is 133 Å². The van der Waals surface area contributed by atoms with Gasteiger partial charge < -0.3 is 10.6 Å². The molecule has 68 heavy (non-hydrogen) atoms. The van der Waals surface area contributed by atoms with E-state index in [4.69, 9.17) is 0 Å². The van der Waals surface area contributed by atoms with Crippen LogP contribution in [0.1, 0.15) is 64.2 Å². The molecule has 0 saturated heterocycles. The molecule has 0 atom stereocenters. The quantitative estimate of drug-likeness (QED) is 0.0636. The van der Waals surface area contributed by atoms with Crippen molar-refractivity contribution in [1.29, 1.82) is 0 Å². The summed E-state index contributed by atoms with van der Waals surface area (Å²) in [6, 6.07) is 0. The number of nitrogens with one attached hydrogen (secondary N) is 2. The van der Waals surface area contributed by atoms with E-state index in [1.54, 1.807) is 0 Å². The van der Waals surface area contributed by atoms with Gasteiger partial charge in [-0.05, 0) is 12.8 Å². The lowest BCUT2D eigenvalue weighted by atomic mass is 9.89. The van der Waals surface area contributed by atoms with Crippen LogP contribution < -0.4 is 10.6 Å². The third-order valence-electron chi connectivity index (χ3n) is 9.19. The molecule has 0 aromatic carbocycles. The van der Waals surface area contributed by atoms with E-state index >= 15 is 0 Å². The van der Waals surface area contributed by atoms with E-state index in [9.17, 15) is 159 Å². The minimum atomic E-state index is -8.89. The summed E-state index contributed by atoms with van der Waals surface area (Å²) in [7, 11) is 0. The molecule has 0 saturated carbocycles. The maximum absolute atomic E-state index is 13.9. The smallest absolute Gasteiger partial charge is 0.351 e. The van der Waals surface area contributed by atoms with Gasteiger partial charge in [0, 0.05) is 13.1 Å². The molecule has 2 amide bonds. The summed E-state index contributed by atoms with van der Waals surface area (Å²) in [6.07, 6.45) is -17.1. The Morgan fingerprint density at radius 3 is 0.544 bits per heavy atom. The van der Waals surface area contributed by atoms with Crippen LogP contribution in [0, 0.1) is 0 Å². The van der Waals surface area contributed by atoms with Gasteiger partial charge in [-0.15, -0.1) is 0 Å². The predicted octanol–water partition coefficient (Wildman–Crippen LogP) is 13.1. The first-order valence-electron chi connectivity index (χ1n) is 17.5. The van der Waals surface area contributed by atoms with Crippen molar-refractivity contribution in [3.63, 3.8) is 0 Å². The third kappa shape index (κ3) is 10.3. The number of unbranched alkanes of at least 4 members (excludes halogenated alkanes) is 9. The molecule has 0 aliphatic carbocycles. The summed E-state index contributed by atoms with van der Waals surface area (Å²) in [6.45, 7) is -2.54. The first-order chi connectivity index (χ1) is 29.5. The van der Waals surface area contributed by atoms with Crippen molar-refractivity contribution in [2.75, 3.05) is 13.1 Å². The number of hydrogen-bond donors (Lipinski definition) is 2. The zero-order valence-corrected chi connectivity index (χ0v) is 32.2. The predicted molar refractivity (Wildman–Crippen MR) is 154 cm³/mol. The monoisotopic (exact) mass is 1090 g/mol. The Morgan fingerprint density at radius 2 is 0.368 bits per heavy atom. The van der Waals surface area contributed by atoms with Crippen LogP contribution in [0.2, 0.25) is 0 Å². The molecule has 38 heteroatoms. The van der Waals surface area contributed by atoms with Gasteiger partial charge in [-0.3, -0.25) is 9.59 Å². The van der Waals surface area contributed by atoms with Gasteiger partial charge in [0.2, 0.25) is 0 Å². The van der Waals surface area contributed by atoms with Crippen LogP contribution in [0.15, 0.2) is 0 Å². The topological polar surface area (TPSA) is 58.2 Å². The van der Waals surface area contributed by atoms with Crippen molar-refractivity contribution in [2.24, 2.45) is 0 Å². The van der Waals surface area contributed by atoms with Crippen LogP contribution in [-0.4, -0.2) is 120 Å². The molecular formula is C30H26F34N2O2. The maximum atomic E-state index is 13.9. The Bertz CT molecular complexity index is 1580. The average molecular weight is 1090 g/mol. The SMILES string of the molecule is O=C(NCCCCCCCCCCCCNC(=O)C(F)(F)C(F)(F)C(F)(F)C(F)(F)C(F)(F)C(F)(F)C(F)(F)C(F)(F)F)C(F)(F)C(F)(F)C(F)(F)C(F)(F)C(F)(F)C(F)(F)C(F)(F)C(F)(F)F. The van der Waals surface area contributed by atoms with E-state index in [0.29, 0.717) is 0 Å². The molecule has 406 valence electrons. The summed E-state index contributed by atoms with van der Waals surface area (Å²) in [4.78, 5) is 22.9. The Balaban J connectivity index is 5.12. The second-order valence-electron chi connectivity index (χ2n) is 14.1. The minimum Gasteiger partial charge on any atom is -0.351 e. The first kappa shape index (κ1) is 64.6. The molecule has 4 nitrogen and oxygen atoms in total. The molecule has 0 unspecified atom stereocenters. The largest absolute Gasteiger partial charge is 0.460 e. The second kappa shape index (κ2) is 19.6. The van der Waals surface area contributed by atoms with E-state index in [1.807, 2.05) is 0 Å². The van der Waals surface area contributed by atoms with Gasteiger partial charge in [0.1, 0.15) is 0 Å². The highest BCUT2D eigenvalue weighted by atomic mass is 19.4. The Labute approximate surface area is 354 Å². The fourth-order valence-electron chi connectivity index (χ4n) is 4.90. The third-order valence-corrected chi connectivity index (χ3v) is 9.19. The Morgan fingerprint density at radius 1 is 0.221 bits per heavy atom. The van der Waals surface area contributed by atoms with Gasteiger partial charge >= 0.3 is 95.3 Å². The summed E-state index contributed by atoms with van der Waals surface area (Å²) < 4.78 is 453. The summed E-state index contributed by atoms with van der Waals surface area (Å²) >= 11 is 0. The van der Waals surface area contributed by atoms with Crippen molar-refractivity contribution >= 4 is 11.8 Å². The Hall–Kier alpha value is -3.44. The molecule has 0 radical (unpaired) electrons. The van der Waals surface area contributed by atoms with E-state index in [1.165, 1.54) is 0 Å². The number of halogens is 34. The maximum Gasteiger partial charge on any atom is 0.460 e. The highest BCUT2D eigenvalue weighted by molar-refractivity contribution is 5.85. The van der Waals surface area contributed by atoms with Gasteiger partial charge in [-0.1, -0.05) is 51.4 Å². The van der Waals surface area contributed by atoms with Crippen molar-refractivity contribution in [2.45, 2.75) is 159 Å². The summed E-state index contributed by atoms with van der Waals surface area (Å²) in [5.41, 5.74) is 0. The molecule has 0 aromatic rings. The molecule has 0 heterocycles. The van der Waals surface area contributed by atoms with Gasteiger partial charge in [-0.2, -0.15) is 149 Å². The molecule has 0 spiro atoms. The zero-order valence-electron chi connectivity index (χ0n) is 32.2. The van der Waals surface area contributed by atoms with E-state index in [2.05, 4.69) is 0 Å². The first-order valence-corrected chi connectivity index (χ1v) is 17.5. The molecule has 0 aromatic heterocycles. The molecule has 0 rings (SSSR count). The Kier molecular flexibility index (Phi) is 18.6. The van der Waals surface area contributed by atoms with Gasteiger partial charge in [-0.25, -0.2) is 0 Å². The van der Waals surface area contributed by atoms with E-state index in [-0.39, 0.29) is 51.4 Å². The van der Waals surface area contributed by atoms with E-state index in [0.717, 1.165) is 10.6 Å². The molecule has 0 bridgehead atoms. The fourth-order valence-corrected chi connectivity index (χ4v) is 4.90. The van der Waals surface area contributed by atoms with Crippen LogP contribution in [0.3, 0.4) is 0 Å². The lowest BCUT2D eigenvalue weighted by Crippen LogP contribution is -2.75. The number of carbonyl (C=O) groups excluding carboxylic acids is 2. The van der Waals surface area contributed by atoms with Crippen LogP contribution in [-0.2, 0) is 9.59 Å². The lowest BCUT2D eigenvalue weighted by Gasteiger charge is -2.42. The fraction of sp³-hybridized carbons (Fsp3) is 0.933. The van der Waals surface area contributed by atoms with Crippen molar-refractivity contribution in [3.05, 3.63) is 0 Å². The second-order valence-corrected chi connectivity index (χ2v) is 14.1.